The highest BCUT2D eigenvalue weighted by Crippen LogP contribution is 2.21. The smallest absolute Gasteiger partial charge is 0.256 e. The summed E-state index contributed by atoms with van der Waals surface area (Å²) in [7, 11) is -3.91. The zero-order valence-electron chi connectivity index (χ0n) is 10.8. The first-order valence-electron chi connectivity index (χ1n) is 6.23. The summed E-state index contributed by atoms with van der Waals surface area (Å²) in [6.45, 7) is 2.91. The van der Waals surface area contributed by atoms with Crippen molar-refractivity contribution in [3.05, 3.63) is 23.5 Å². The number of hydrogen-bond donors (Lipinski definition) is 2. The molecule has 0 amide bonds. The largest absolute Gasteiger partial charge is 0.398 e. The van der Waals surface area contributed by atoms with Gasteiger partial charge in [0, 0.05) is 18.8 Å². The Balaban J connectivity index is 2.26. The van der Waals surface area contributed by atoms with Gasteiger partial charge in [-0.15, -0.1) is 4.83 Å². The zero-order chi connectivity index (χ0) is 14.0. The van der Waals surface area contributed by atoms with Crippen LogP contribution in [0.3, 0.4) is 0 Å². The number of nitrogens with two attached hydrogens (primary N) is 1. The maximum atomic E-state index is 13.8. The van der Waals surface area contributed by atoms with Crippen molar-refractivity contribution >= 4 is 15.7 Å². The van der Waals surface area contributed by atoms with E-state index in [0.29, 0.717) is 18.7 Å². The fraction of sp³-hybridized carbons (Fsp3) is 0.500. The van der Waals surface area contributed by atoms with Gasteiger partial charge in [0.2, 0.25) is 0 Å². The number of benzene rings is 1. The maximum absolute atomic E-state index is 13.8. The summed E-state index contributed by atoms with van der Waals surface area (Å²) >= 11 is 0. The lowest BCUT2D eigenvalue weighted by Crippen LogP contribution is -2.45. The molecular weight excluding hydrogens is 269 g/mol. The average Bonchev–Trinajstić information content (AvgIpc) is 2.34. The summed E-state index contributed by atoms with van der Waals surface area (Å²) in [5.74, 6) is -0.781. The Labute approximate surface area is 112 Å². The van der Waals surface area contributed by atoms with Crippen molar-refractivity contribution in [1.82, 2.24) is 9.84 Å². The van der Waals surface area contributed by atoms with Crippen LogP contribution in [0.15, 0.2) is 17.0 Å². The molecule has 0 unspecified atom stereocenters. The second-order valence-corrected chi connectivity index (χ2v) is 6.41. The highest BCUT2D eigenvalue weighted by Gasteiger charge is 2.23. The number of sulfonamides is 1. The predicted octanol–water partition coefficient (Wildman–Crippen LogP) is 1.40. The third-order valence-electron chi connectivity index (χ3n) is 3.22. The third kappa shape index (κ3) is 3.23. The van der Waals surface area contributed by atoms with Gasteiger partial charge in [0.1, 0.15) is 10.7 Å². The van der Waals surface area contributed by atoms with Gasteiger partial charge in [-0.3, -0.25) is 0 Å². The molecule has 1 aliphatic heterocycles. The average molecular weight is 287 g/mol. The van der Waals surface area contributed by atoms with Gasteiger partial charge >= 0.3 is 0 Å². The molecule has 0 bridgehead atoms. The molecule has 1 saturated heterocycles. The van der Waals surface area contributed by atoms with E-state index in [4.69, 9.17) is 5.73 Å². The van der Waals surface area contributed by atoms with Crippen LogP contribution in [0.4, 0.5) is 10.1 Å². The fourth-order valence-electron chi connectivity index (χ4n) is 2.08. The molecule has 5 nitrogen and oxygen atoms in total. The molecule has 106 valence electrons. The molecular formula is C12H18FN3O2S. The number of piperidine rings is 1. The first-order valence-corrected chi connectivity index (χ1v) is 7.71. The van der Waals surface area contributed by atoms with Crippen LogP contribution in [-0.4, -0.2) is 26.5 Å². The first kappa shape index (κ1) is 14.2. The fourth-order valence-corrected chi connectivity index (χ4v) is 3.30. The van der Waals surface area contributed by atoms with E-state index < -0.39 is 20.7 Å². The standard InChI is InChI=1S/C12H18FN3O2S/c1-9-7-10(13)12(8-11(9)14)19(17,18)15-16-5-3-2-4-6-16/h7-8,15H,2-6,14H2,1H3. The van der Waals surface area contributed by atoms with E-state index in [0.717, 1.165) is 31.4 Å². The van der Waals surface area contributed by atoms with Gasteiger partial charge < -0.3 is 5.73 Å². The first-order chi connectivity index (χ1) is 8.90. The molecule has 0 spiro atoms. The van der Waals surface area contributed by atoms with E-state index in [1.807, 2.05) is 0 Å². The van der Waals surface area contributed by atoms with Crippen molar-refractivity contribution in [1.29, 1.82) is 0 Å². The third-order valence-corrected chi connectivity index (χ3v) is 4.61. The number of halogens is 1. The van der Waals surface area contributed by atoms with E-state index in [2.05, 4.69) is 4.83 Å². The minimum atomic E-state index is -3.91. The number of hydrogen-bond acceptors (Lipinski definition) is 4. The Morgan fingerprint density at radius 2 is 1.89 bits per heavy atom. The van der Waals surface area contributed by atoms with Crippen molar-refractivity contribution in [2.75, 3.05) is 18.8 Å². The van der Waals surface area contributed by atoms with Gasteiger partial charge in [0.15, 0.2) is 0 Å². The van der Waals surface area contributed by atoms with Gasteiger partial charge in [-0.25, -0.2) is 17.8 Å². The van der Waals surface area contributed by atoms with E-state index in [1.165, 1.54) is 0 Å². The highest BCUT2D eigenvalue weighted by atomic mass is 32.2. The van der Waals surface area contributed by atoms with Gasteiger partial charge in [-0.1, -0.05) is 6.42 Å². The molecule has 0 radical (unpaired) electrons. The highest BCUT2D eigenvalue weighted by molar-refractivity contribution is 7.89. The molecule has 19 heavy (non-hydrogen) atoms. The summed E-state index contributed by atoms with van der Waals surface area (Å²) in [6, 6.07) is 2.30. The minimum Gasteiger partial charge on any atom is -0.398 e. The number of nitrogens with zero attached hydrogens (tertiary/aromatic N) is 1. The molecule has 3 N–H and O–H groups in total. The van der Waals surface area contributed by atoms with E-state index >= 15 is 0 Å². The number of nitrogens with one attached hydrogen (secondary N) is 1. The molecule has 0 saturated carbocycles. The maximum Gasteiger partial charge on any atom is 0.256 e. The normalized spacial score (nSPS) is 17.6. The molecule has 1 aromatic carbocycles. The molecule has 0 aliphatic carbocycles. The number of nitrogen functional groups attached to an aromatic ring is 1. The lowest BCUT2D eigenvalue weighted by Gasteiger charge is -2.26. The Morgan fingerprint density at radius 3 is 2.53 bits per heavy atom. The number of aryl methyl sites for hydroxylation is 1. The van der Waals surface area contributed by atoms with Crippen LogP contribution in [0.25, 0.3) is 0 Å². The predicted molar refractivity (Wildman–Crippen MR) is 71.3 cm³/mol. The van der Waals surface area contributed by atoms with Crippen LogP contribution in [0, 0.1) is 12.7 Å². The number of rotatable bonds is 3. The van der Waals surface area contributed by atoms with E-state index in [9.17, 15) is 12.8 Å². The Morgan fingerprint density at radius 1 is 1.26 bits per heavy atom. The molecule has 1 aromatic rings. The second kappa shape index (κ2) is 5.44. The van der Waals surface area contributed by atoms with Crippen LogP contribution in [0.2, 0.25) is 0 Å². The number of anilines is 1. The van der Waals surface area contributed by atoms with Crippen LogP contribution in [0.5, 0.6) is 0 Å². The molecule has 1 aliphatic rings. The molecule has 2 rings (SSSR count). The molecule has 0 atom stereocenters. The second-order valence-electron chi connectivity index (χ2n) is 4.78. The van der Waals surface area contributed by atoms with Crippen molar-refractivity contribution in [2.24, 2.45) is 0 Å². The van der Waals surface area contributed by atoms with Gasteiger partial charge in [-0.2, -0.15) is 0 Å². The monoisotopic (exact) mass is 287 g/mol. The summed E-state index contributed by atoms with van der Waals surface area (Å²) in [6.07, 6.45) is 2.95. The van der Waals surface area contributed by atoms with Crippen molar-refractivity contribution < 1.29 is 12.8 Å². The topological polar surface area (TPSA) is 75.4 Å². The zero-order valence-corrected chi connectivity index (χ0v) is 11.6. The summed E-state index contributed by atoms with van der Waals surface area (Å²) in [4.78, 5) is 2.01. The molecule has 0 aromatic heterocycles. The lowest BCUT2D eigenvalue weighted by atomic mass is 10.2. The Kier molecular flexibility index (Phi) is 4.07. The quantitative estimate of drug-likeness (QED) is 0.824. The van der Waals surface area contributed by atoms with E-state index in [1.54, 1.807) is 11.9 Å². The van der Waals surface area contributed by atoms with E-state index in [-0.39, 0.29) is 5.69 Å². The van der Waals surface area contributed by atoms with Crippen molar-refractivity contribution in [3.63, 3.8) is 0 Å². The molecule has 7 heteroatoms. The summed E-state index contributed by atoms with van der Waals surface area (Å²) in [5.41, 5.74) is 6.43. The van der Waals surface area contributed by atoms with Crippen molar-refractivity contribution in [2.45, 2.75) is 31.1 Å². The molecule has 1 fully saturated rings. The van der Waals surface area contributed by atoms with Crippen LogP contribution in [0.1, 0.15) is 24.8 Å². The van der Waals surface area contributed by atoms with Gasteiger partial charge in [0.25, 0.3) is 10.0 Å². The van der Waals surface area contributed by atoms with Crippen LogP contribution < -0.4 is 10.6 Å². The number of hydrazine groups is 1. The molecule has 1 heterocycles. The van der Waals surface area contributed by atoms with Gasteiger partial charge in [0.05, 0.1) is 0 Å². The minimum absolute atomic E-state index is 0.264. The summed E-state index contributed by atoms with van der Waals surface area (Å²) in [5, 5.41) is 1.61. The summed E-state index contributed by atoms with van der Waals surface area (Å²) < 4.78 is 38.1. The Bertz CT molecular complexity index is 569. The lowest BCUT2D eigenvalue weighted by molar-refractivity contribution is 0.199. The van der Waals surface area contributed by atoms with Crippen LogP contribution >= 0.6 is 0 Å². The SMILES string of the molecule is Cc1cc(F)c(S(=O)(=O)NN2CCCCC2)cc1N. The van der Waals surface area contributed by atoms with Gasteiger partial charge in [-0.05, 0) is 37.5 Å². The Hall–Kier alpha value is -1.18. The van der Waals surface area contributed by atoms with Crippen LogP contribution in [-0.2, 0) is 10.0 Å². The van der Waals surface area contributed by atoms with Crippen molar-refractivity contribution in [3.8, 4) is 0 Å².